The van der Waals surface area contributed by atoms with Crippen LogP contribution in [0.5, 0.6) is 0 Å². The molecular formula is C10H18N4O2. The number of aryl methyl sites for hydroxylation is 1. The van der Waals surface area contributed by atoms with E-state index in [1.54, 1.807) is 10.9 Å². The van der Waals surface area contributed by atoms with Gasteiger partial charge in [0.15, 0.2) is 5.69 Å². The maximum absolute atomic E-state index is 11.7. The Morgan fingerprint density at radius 3 is 2.94 bits per heavy atom. The topological polar surface area (TPSA) is 93.2 Å². The summed E-state index contributed by atoms with van der Waals surface area (Å²) in [6, 6.07) is -0.0938. The highest BCUT2D eigenvalue weighted by atomic mass is 16.3. The Hall–Kier alpha value is -1.56. The van der Waals surface area contributed by atoms with Crippen molar-refractivity contribution in [1.29, 1.82) is 0 Å². The van der Waals surface area contributed by atoms with Crippen molar-refractivity contribution in [3.8, 4) is 0 Å². The van der Waals surface area contributed by atoms with Crippen LogP contribution < -0.4 is 11.1 Å². The van der Waals surface area contributed by atoms with Crippen LogP contribution in [0.15, 0.2) is 6.20 Å². The minimum atomic E-state index is -0.300. The van der Waals surface area contributed by atoms with Crippen LogP contribution >= 0.6 is 0 Å². The molecule has 1 heterocycles. The molecule has 90 valence electrons. The number of nitrogens with one attached hydrogen (secondary N) is 1. The van der Waals surface area contributed by atoms with Crippen LogP contribution in [0.3, 0.4) is 0 Å². The van der Waals surface area contributed by atoms with E-state index < -0.39 is 0 Å². The number of hydrogen-bond acceptors (Lipinski definition) is 4. The van der Waals surface area contributed by atoms with Crippen LogP contribution in [-0.2, 0) is 6.54 Å². The van der Waals surface area contributed by atoms with E-state index in [2.05, 4.69) is 10.4 Å². The lowest BCUT2D eigenvalue weighted by Crippen LogP contribution is -2.33. The normalized spacial score (nSPS) is 12.4. The van der Waals surface area contributed by atoms with Gasteiger partial charge in [0.05, 0.1) is 5.69 Å². The van der Waals surface area contributed by atoms with Crippen LogP contribution in [0.1, 0.15) is 30.8 Å². The summed E-state index contributed by atoms with van der Waals surface area (Å²) < 4.78 is 1.61. The minimum absolute atomic E-state index is 0.0420. The van der Waals surface area contributed by atoms with Crippen molar-refractivity contribution in [2.45, 2.75) is 32.9 Å². The Morgan fingerprint density at radius 2 is 2.44 bits per heavy atom. The quantitative estimate of drug-likeness (QED) is 0.658. The molecule has 1 aromatic rings. The summed E-state index contributed by atoms with van der Waals surface area (Å²) in [6.45, 7) is 4.45. The van der Waals surface area contributed by atoms with Crippen molar-refractivity contribution < 1.29 is 9.90 Å². The molecule has 0 saturated carbocycles. The zero-order valence-electron chi connectivity index (χ0n) is 9.60. The molecule has 0 radical (unpaired) electrons. The summed E-state index contributed by atoms with van der Waals surface area (Å²) >= 11 is 0. The van der Waals surface area contributed by atoms with Gasteiger partial charge in [-0.15, -0.1) is 0 Å². The first kappa shape index (κ1) is 12.5. The fraction of sp³-hybridized carbons (Fsp3) is 0.600. The van der Waals surface area contributed by atoms with Crippen LogP contribution in [0.4, 0.5) is 5.69 Å². The second-order valence-electron chi connectivity index (χ2n) is 3.68. The van der Waals surface area contributed by atoms with Gasteiger partial charge in [0.2, 0.25) is 0 Å². The molecule has 0 aromatic carbocycles. The first-order valence-electron chi connectivity index (χ1n) is 5.33. The Kier molecular flexibility index (Phi) is 4.30. The number of aromatic nitrogens is 2. The molecular weight excluding hydrogens is 208 g/mol. The van der Waals surface area contributed by atoms with Crippen molar-refractivity contribution in [2.24, 2.45) is 0 Å². The molecule has 1 rings (SSSR count). The van der Waals surface area contributed by atoms with Crippen molar-refractivity contribution >= 4 is 11.6 Å². The SMILES string of the molecule is CCn1cc(N)c(C(=O)NC(C)CCO)n1. The number of aliphatic hydroxyl groups is 1. The van der Waals surface area contributed by atoms with E-state index in [1.807, 2.05) is 13.8 Å². The fourth-order valence-corrected chi connectivity index (χ4v) is 1.33. The maximum Gasteiger partial charge on any atom is 0.274 e. The van der Waals surface area contributed by atoms with Gasteiger partial charge in [-0.1, -0.05) is 0 Å². The molecule has 0 aliphatic heterocycles. The molecule has 1 aromatic heterocycles. The lowest BCUT2D eigenvalue weighted by atomic mass is 10.2. The number of carbonyl (C=O) groups excluding carboxylic acids is 1. The predicted octanol–water partition coefficient (Wildman–Crippen LogP) is -0.0141. The van der Waals surface area contributed by atoms with Gasteiger partial charge in [-0.3, -0.25) is 9.48 Å². The standard InChI is InChI=1S/C10H18N4O2/c1-3-14-6-8(11)9(13-14)10(16)12-7(2)4-5-15/h6-7,15H,3-5,11H2,1-2H3,(H,12,16). The van der Waals surface area contributed by atoms with Gasteiger partial charge in [0.25, 0.3) is 5.91 Å². The van der Waals surface area contributed by atoms with Crippen LogP contribution in [0.25, 0.3) is 0 Å². The molecule has 16 heavy (non-hydrogen) atoms. The van der Waals surface area contributed by atoms with Crippen molar-refractivity contribution in [1.82, 2.24) is 15.1 Å². The molecule has 6 heteroatoms. The van der Waals surface area contributed by atoms with Gasteiger partial charge >= 0.3 is 0 Å². The second kappa shape index (κ2) is 5.50. The first-order chi connectivity index (χ1) is 7.58. The number of anilines is 1. The average Bonchev–Trinajstić information content (AvgIpc) is 2.60. The highest BCUT2D eigenvalue weighted by Crippen LogP contribution is 2.09. The number of aliphatic hydroxyl groups excluding tert-OH is 1. The zero-order chi connectivity index (χ0) is 12.1. The van der Waals surface area contributed by atoms with E-state index in [-0.39, 0.29) is 24.2 Å². The lowest BCUT2D eigenvalue weighted by Gasteiger charge is -2.11. The van der Waals surface area contributed by atoms with Crippen molar-refractivity contribution in [2.75, 3.05) is 12.3 Å². The van der Waals surface area contributed by atoms with E-state index in [9.17, 15) is 4.79 Å². The average molecular weight is 226 g/mol. The molecule has 0 aliphatic carbocycles. The monoisotopic (exact) mass is 226 g/mol. The smallest absolute Gasteiger partial charge is 0.274 e. The molecule has 0 spiro atoms. The van der Waals surface area contributed by atoms with Gasteiger partial charge in [-0.25, -0.2) is 0 Å². The van der Waals surface area contributed by atoms with E-state index >= 15 is 0 Å². The van der Waals surface area contributed by atoms with Crippen LogP contribution in [-0.4, -0.2) is 33.4 Å². The number of carbonyl (C=O) groups is 1. The molecule has 1 amide bonds. The number of rotatable bonds is 5. The molecule has 4 N–H and O–H groups in total. The van der Waals surface area contributed by atoms with E-state index in [4.69, 9.17) is 10.8 Å². The number of nitrogens with two attached hydrogens (primary N) is 1. The first-order valence-corrected chi connectivity index (χ1v) is 5.33. The van der Waals surface area contributed by atoms with Gasteiger partial charge in [-0.2, -0.15) is 5.10 Å². The Morgan fingerprint density at radius 1 is 1.75 bits per heavy atom. The third-order valence-corrected chi connectivity index (χ3v) is 2.27. The summed E-state index contributed by atoms with van der Waals surface area (Å²) in [5, 5.41) is 15.5. The Bertz CT molecular complexity index is 362. The molecule has 1 unspecified atom stereocenters. The third kappa shape index (κ3) is 2.96. The highest BCUT2D eigenvalue weighted by Gasteiger charge is 2.16. The lowest BCUT2D eigenvalue weighted by molar-refractivity contribution is 0.0929. The van der Waals surface area contributed by atoms with Gasteiger partial charge in [0.1, 0.15) is 0 Å². The van der Waals surface area contributed by atoms with Crippen LogP contribution in [0.2, 0.25) is 0 Å². The van der Waals surface area contributed by atoms with E-state index in [0.29, 0.717) is 18.7 Å². The number of amides is 1. The minimum Gasteiger partial charge on any atom is -0.396 e. The van der Waals surface area contributed by atoms with E-state index in [1.165, 1.54) is 0 Å². The van der Waals surface area contributed by atoms with Gasteiger partial charge < -0.3 is 16.2 Å². The highest BCUT2D eigenvalue weighted by molar-refractivity contribution is 5.97. The Balaban J connectivity index is 2.68. The number of hydrogen-bond donors (Lipinski definition) is 3. The molecule has 6 nitrogen and oxygen atoms in total. The molecule has 0 aliphatic rings. The summed E-state index contributed by atoms with van der Waals surface area (Å²) in [4.78, 5) is 11.7. The maximum atomic E-state index is 11.7. The summed E-state index contributed by atoms with van der Waals surface area (Å²) in [5.74, 6) is -0.300. The van der Waals surface area contributed by atoms with Gasteiger partial charge in [-0.05, 0) is 20.3 Å². The molecule has 0 bridgehead atoms. The third-order valence-electron chi connectivity index (χ3n) is 2.27. The fourth-order valence-electron chi connectivity index (χ4n) is 1.33. The molecule has 1 atom stereocenters. The second-order valence-corrected chi connectivity index (χ2v) is 3.68. The summed E-state index contributed by atoms with van der Waals surface area (Å²) in [5.41, 5.74) is 6.29. The van der Waals surface area contributed by atoms with Crippen molar-refractivity contribution in [3.63, 3.8) is 0 Å². The predicted molar refractivity (Wildman–Crippen MR) is 60.9 cm³/mol. The number of nitrogen functional groups attached to an aromatic ring is 1. The molecule has 0 saturated heterocycles. The summed E-state index contributed by atoms with van der Waals surface area (Å²) in [6.07, 6.45) is 2.14. The van der Waals surface area contributed by atoms with E-state index in [0.717, 1.165) is 0 Å². The molecule has 0 fully saturated rings. The van der Waals surface area contributed by atoms with Gasteiger partial charge in [0, 0.05) is 25.4 Å². The van der Waals surface area contributed by atoms with Crippen LogP contribution in [0, 0.1) is 0 Å². The zero-order valence-corrected chi connectivity index (χ0v) is 9.60. The number of nitrogens with zero attached hydrogens (tertiary/aromatic N) is 2. The summed E-state index contributed by atoms with van der Waals surface area (Å²) in [7, 11) is 0. The van der Waals surface area contributed by atoms with Crippen molar-refractivity contribution in [3.05, 3.63) is 11.9 Å². The Labute approximate surface area is 94.4 Å². The largest absolute Gasteiger partial charge is 0.396 e.